The molecule has 79 heavy (non-hydrogen) atoms. The second kappa shape index (κ2) is 25.6. The number of aromatic nitrogens is 8. The molecule has 1 amide bonds. The molecule has 0 spiro atoms. The van der Waals surface area contributed by atoms with Crippen molar-refractivity contribution in [3.8, 4) is 12.0 Å². The SMILES string of the molecule is CC(C)c1cnn2c(Nc3cccc(C(=O)CC4CCN(C(=O)OC(C)(C)C)CC4)c3)nc(OC3CCN(C)CC3)nc12.CC(C)c1cnn2c(Nc3cccc(C(=O)CC4CCNCC4)c3)nc(OC3CCN(C)CC3)nc12. The minimum absolute atomic E-state index is 0.0638. The van der Waals surface area contributed by atoms with Gasteiger partial charge < -0.3 is 44.9 Å². The Morgan fingerprint density at radius 1 is 0.608 bits per heavy atom. The number of carbonyl (C=O) groups excluding carboxylic acids is 3. The van der Waals surface area contributed by atoms with E-state index in [4.69, 9.17) is 34.1 Å². The number of likely N-dealkylation sites (tertiary alicyclic amines) is 3. The molecule has 0 aliphatic carbocycles. The fourth-order valence-electron chi connectivity index (χ4n) is 10.6. The zero-order valence-electron chi connectivity index (χ0n) is 47.8. The van der Waals surface area contributed by atoms with Gasteiger partial charge in [-0.05, 0) is 147 Å². The van der Waals surface area contributed by atoms with Crippen molar-refractivity contribution in [1.82, 2.24) is 59.2 Å². The molecule has 20 nitrogen and oxygen atoms in total. The maximum Gasteiger partial charge on any atom is 0.410 e. The van der Waals surface area contributed by atoms with Crippen molar-refractivity contribution in [1.29, 1.82) is 0 Å². The Kier molecular flexibility index (Phi) is 18.4. The minimum Gasteiger partial charge on any atom is -0.460 e. The van der Waals surface area contributed by atoms with Gasteiger partial charge in [-0.2, -0.15) is 39.2 Å². The summed E-state index contributed by atoms with van der Waals surface area (Å²) in [5, 5.41) is 19.3. The smallest absolute Gasteiger partial charge is 0.410 e. The standard InChI is InChI=1S/C32H45N7O4.C27H37N7O2/c1-21(2)26-20-33-39-28(26)35-30(42-25-12-14-37(6)15-13-25)36-29(39)34-24-9-7-8-23(19-24)27(40)18-22-10-16-38(17-11-22)31(41)43-32(3,4)5;1-18(2)23-17-29-34-25(23)31-27(36-22-9-13-33(3)14-10-22)32-26(34)30-21-6-4-5-20(16-21)24(35)15-19-7-11-28-12-8-19/h7-9,19-22,25H,10-18H2,1-6H3,(H,34,35,36);4-6,16-19,22,28H,7-15H2,1-3H3,(H,30,31,32). The molecule has 4 aliphatic rings. The highest BCUT2D eigenvalue weighted by Crippen LogP contribution is 2.30. The molecule has 3 N–H and O–H groups in total. The number of fused-ring (bicyclic) bond motifs is 2. The zero-order chi connectivity index (χ0) is 55.8. The van der Waals surface area contributed by atoms with E-state index < -0.39 is 5.60 Å². The van der Waals surface area contributed by atoms with Crippen molar-refractivity contribution < 1.29 is 28.6 Å². The van der Waals surface area contributed by atoms with Gasteiger partial charge >= 0.3 is 18.1 Å². The maximum atomic E-state index is 13.3. The van der Waals surface area contributed by atoms with E-state index in [2.05, 4.69) is 77.7 Å². The van der Waals surface area contributed by atoms with E-state index in [0.29, 0.717) is 67.0 Å². The zero-order valence-corrected chi connectivity index (χ0v) is 47.8. The lowest BCUT2D eigenvalue weighted by Crippen LogP contribution is -2.42. The molecule has 2 aromatic carbocycles. The average Bonchev–Trinajstić information content (AvgIpc) is 4.22. The second-order valence-electron chi connectivity index (χ2n) is 23.7. The Hall–Kier alpha value is -6.77. The van der Waals surface area contributed by atoms with Crippen molar-refractivity contribution in [2.45, 2.75) is 142 Å². The Morgan fingerprint density at radius 3 is 1.46 bits per heavy atom. The number of benzene rings is 2. The van der Waals surface area contributed by atoms with Crippen LogP contribution >= 0.6 is 0 Å². The molecule has 20 heteroatoms. The maximum absolute atomic E-state index is 13.3. The van der Waals surface area contributed by atoms with Crippen molar-refractivity contribution in [3.05, 3.63) is 83.2 Å². The summed E-state index contributed by atoms with van der Waals surface area (Å²) < 4.78 is 21.4. The third-order valence-corrected chi connectivity index (χ3v) is 15.4. The largest absolute Gasteiger partial charge is 0.460 e. The van der Waals surface area contributed by atoms with E-state index in [-0.39, 0.29) is 47.6 Å². The Morgan fingerprint density at radius 2 is 1.04 bits per heavy atom. The Labute approximate surface area is 464 Å². The molecule has 0 unspecified atom stereocenters. The third kappa shape index (κ3) is 15.1. The van der Waals surface area contributed by atoms with Gasteiger partial charge in [-0.3, -0.25) is 9.59 Å². The summed E-state index contributed by atoms with van der Waals surface area (Å²) in [6, 6.07) is 15.8. The highest BCUT2D eigenvalue weighted by molar-refractivity contribution is 5.97. The summed E-state index contributed by atoms with van der Waals surface area (Å²) in [4.78, 5) is 63.9. The van der Waals surface area contributed by atoms with Gasteiger partial charge in [-0.1, -0.05) is 52.0 Å². The van der Waals surface area contributed by atoms with E-state index in [9.17, 15) is 14.4 Å². The molecule has 424 valence electrons. The van der Waals surface area contributed by atoms with Crippen molar-refractivity contribution in [2.75, 3.05) is 77.1 Å². The van der Waals surface area contributed by atoms with Gasteiger partial charge in [0.2, 0.25) is 11.9 Å². The summed E-state index contributed by atoms with van der Waals surface area (Å²) >= 11 is 0. The quantitative estimate of drug-likeness (QED) is 0.0770. The van der Waals surface area contributed by atoms with Crippen LogP contribution in [0.5, 0.6) is 12.0 Å². The molecular formula is C59H82N14O6. The van der Waals surface area contributed by atoms with E-state index in [1.165, 1.54) is 0 Å². The summed E-state index contributed by atoms with van der Waals surface area (Å²) in [6.45, 7) is 21.2. The number of nitrogens with one attached hydrogen (secondary N) is 3. The van der Waals surface area contributed by atoms with Crippen LogP contribution in [-0.4, -0.2) is 156 Å². The first kappa shape index (κ1) is 56.9. The highest BCUT2D eigenvalue weighted by Gasteiger charge is 2.29. The molecule has 10 rings (SSSR count). The number of ether oxygens (including phenoxy) is 3. The van der Waals surface area contributed by atoms with Crippen LogP contribution < -0.4 is 25.4 Å². The van der Waals surface area contributed by atoms with Crippen LogP contribution in [0.25, 0.3) is 11.3 Å². The number of piperidine rings is 4. The Bertz CT molecular complexity index is 3030. The summed E-state index contributed by atoms with van der Waals surface area (Å²) in [5.41, 5.74) is 5.86. The average molecular weight is 1080 g/mol. The fourth-order valence-corrected chi connectivity index (χ4v) is 10.6. The van der Waals surface area contributed by atoms with Crippen LogP contribution in [0.3, 0.4) is 0 Å². The van der Waals surface area contributed by atoms with E-state index in [1.54, 1.807) is 13.9 Å². The number of rotatable bonds is 16. The van der Waals surface area contributed by atoms with Crippen molar-refractivity contribution in [3.63, 3.8) is 0 Å². The molecule has 4 saturated heterocycles. The summed E-state index contributed by atoms with van der Waals surface area (Å²) in [7, 11) is 4.25. The van der Waals surface area contributed by atoms with Crippen LogP contribution in [0.1, 0.15) is 156 Å². The van der Waals surface area contributed by atoms with Gasteiger partial charge in [0.25, 0.3) is 0 Å². The normalized spacial score (nSPS) is 17.7. The van der Waals surface area contributed by atoms with Crippen LogP contribution in [0, 0.1) is 11.8 Å². The van der Waals surface area contributed by atoms with Gasteiger partial charge in [-0.15, -0.1) is 0 Å². The summed E-state index contributed by atoms with van der Waals surface area (Å²) in [5.74, 6) is 2.45. The van der Waals surface area contributed by atoms with Gasteiger partial charge in [0.05, 0.1) is 12.4 Å². The number of anilines is 4. The lowest BCUT2D eigenvalue weighted by molar-refractivity contribution is 0.0183. The second-order valence-corrected chi connectivity index (χ2v) is 23.7. The number of amides is 1. The van der Waals surface area contributed by atoms with Gasteiger partial charge in [0.15, 0.2) is 22.9 Å². The fraction of sp³-hybridized carbons (Fsp3) is 0.576. The molecule has 0 radical (unpaired) electrons. The molecule has 0 saturated carbocycles. The number of carbonyl (C=O) groups is 3. The monoisotopic (exact) mass is 1080 g/mol. The molecular weight excluding hydrogens is 1000 g/mol. The molecule has 0 bridgehead atoms. The molecule has 4 aliphatic heterocycles. The minimum atomic E-state index is -0.518. The van der Waals surface area contributed by atoms with E-state index >= 15 is 0 Å². The molecule has 0 atom stereocenters. The first-order valence-electron chi connectivity index (χ1n) is 28.6. The molecule has 4 aromatic heterocycles. The van der Waals surface area contributed by atoms with Gasteiger partial charge in [0, 0.05) is 85.7 Å². The third-order valence-electron chi connectivity index (χ3n) is 15.4. The number of ketones is 2. The lowest BCUT2D eigenvalue weighted by atomic mass is 9.90. The molecule has 6 aromatic rings. The number of nitrogens with zero attached hydrogens (tertiary/aromatic N) is 11. The van der Waals surface area contributed by atoms with Gasteiger partial charge in [-0.25, -0.2) is 4.79 Å². The lowest BCUT2D eigenvalue weighted by Gasteiger charge is -2.33. The van der Waals surface area contributed by atoms with Crippen LogP contribution in [-0.2, 0) is 4.74 Å². The van der Waals surface area contributed by atoms with Gasteiger partial charge in [0.1, 0.15) is 17.8 Å². The number of Topliss-reactive ketones (excluding diaryl/α,β-unsaturated/α-hetero) is 2. The predicted octanol–water partition coefficient (Wildman–Crippen LogP) is 9.72. The predicted molar refractivity (Wildman–Crippen MR) is 306 cm³/mol. The molecule has 4 fully saturated rings. The van der Waals surface area contributed by atoms with E-state index in [0.717, 1.165) is 124 Å². The van der Waals surface area contributed by atoms with Crippen LogP contribution in [0.4, 0.5) is 28.1 Å². The van der Waals surface area contributed by atoms with Crippen molar-refractivity contribution >= 4 is 52.2 Å². The first-order valence-corrected chi connectivity index (χ1v) is 28.6. The Balaban J connectivity index is 0.000000195. The van der Waals surface area contributed by atoms with E-state index in [1.807, 2.05) is 81.7 Å². The van der Waals surface area contributed by atoms with Crippen molar-refractivity contribution in [2.24, 2.45) is 11.8 Å². The van der Waals surface area contributed by atoms with Crippen LogP contribution in [0.2, 0.25) is 0 Å². The molecule has 8 heterocycles. The number of hydrogen-bond donors (Lipinski definition) is 3. The topological polar surface area (TPSA) is 211 Å². The summed E-state index contributed by atoms with van der Waals surface area (Å²) in [6.07, 6.45) is 12.0. The van der Waals surface area contributed by atoms with Crippen LogP contribution in [0.15, 0.2) is 60.9 Å². The first-order chi connectivity index (χ1) is 37.9. The highest BCUT2D eigenvalue weighted by atomic mass is 16.6. The number of hydrogen-bond acceptors (Lipinski definition) is 17.